The molecule has 2 fully saturated rings. The Hall–Kier alpha value is -2.05. The number of hydrogen-bond acceptors (Lipinski definition) is 4. The van der Waals surface area contributed by atoms with E-state index in [0.29, 0.717) is 17.3 Å². The number of likely N-dealkylation sites (tertiary alicyclic amines) is 1. The molecular weight excluding hydrogens is 400 g/mol. The molecule has 1 N–H and O–H groups in total. The molecule has 1 aromatic carbocycles. The molecule has 0 radical (unpaired) electrons. The molecule has 3 heterocycles. The molecule has 0 saturated carbocycles. The minimum Gasteiger partial charge on any atom is -0.338 e. The fourth-order valence-electron chi connectivity index (χ4n) is 4.75. The first-order valence-electron chi connectivity index (χ1n) is 11.1. The molecule has 3 unspecified atom stereocenters. The van der Waals surface area contributed by atoms with Crippen LogP contribution in [0.15, 0.2) is 36.0 Å². The number of benzene rings is 1. The number of hydrogen-bond donors (Lipinski definition) is 1. The van der Waals surface area contributed by atoms with E-state index in [0.717, 1.165) is 44.2 Å². The Labute approximate surface area is 183 Å². The topological polar surface area (TPSA) is 55.9 Å². The smallest absolute Gasteiger partial charge is 0.271 e. The van der Waals surface area contributed by atoms with E-state index in [1.54, 1.807) is 4.90 Å². The number of hydrazine groups is 1. The third kappa shape index (κ3) is 4.21. The van der Waals surface area contributed by atoms with E-state index in [-0.39, 0.29) is 36.5 Å². The van der Waals surface area contributed by atoms with Crippen LogP contribution in [0.3, 0.4) is 0 Å². The first-order chi connectivity index (χ1) is 14.5. The molecule has 7 heteroatoms. The van der Waals surface area contributed by atoms with E-state index in [1.807, 2.05) is 40.3 Å². The predicted molar refractivity (Wildman–Crippen MR) is 118 cm³/mol. The summed E-state index contributed by atoms with van der Waals surface area (Å²) in [6, 6.07) is 8.06. The summed E-state index contributed by atoms with van der Waals surface area (Å²) < 4.78 is 0. The van der Waals surface area contributed by atoms with E-state index in [1.165, 1.54) is 0 Å². The van der Waals surface area contributed by atoms with Crippen LogP contribution >= 0.6 is 11.6 Å². The van der Waals surface area contributed by atoms with Gasteiger partial charge in [0.05, 0.1) is 12.1 Å². The number of carbonyl (C=O) groups excluding carboxylic acids is 2. The van der Waals surface area contributed by atoms with Crippen molar-refractivity contribution in [1.82, 2.24) is 20.2 Å². The van der Waals surface area contributed by atoms with Crippen LogP contribution in [0.4, 0.5) is 0 Å². The Kier molecular flexibility index (Phi) is 6.34. The van der Waals surface area contributed by atoms with Crippen molar-refractivity contribution in [1.29, 1.82) is 0 Å². The van der Waals surface area contributed by atoms with Crippen LogP contribution in [0, 0.1) is 0 Å². The van der Waals surface area contributed by atoms with Crippen molar-refractivity contribution in [2.75, 3.05) is 19.6 Å². The van der Waals surface area contributed by atoms with Crippen LogP contribution in [0.25, 0.3) is 0 Å². The van der Waals surface area contributed by atoms with Crippen LogP contribution in [-0.2, 0) is 9.59 Å². The molecule has 3 atom stereocenters. The summed E-state index contributed by atoms with van der Waals surface area (Å²) in [5, 5.41) is 2.73. The van der Waals surface area contributed by atoms with E-state index < -0.39 is 0 Å². The third-order valence-corrected chi connectivity index (χ3v) is 6.74. The van der Waals surface area contributed by atoms with Crippen molar-refractivity contribution < 1.29 is 9.59 Å². The van der Waals surface area contributed by atoms with Gasteiger partial charge in [-0.1, -0.05) is 43.5 Å². The molecule has 0 spiro atoms. The SMILES string of the molecule is CCCCC1CN(CC(=O)N2CCCC2C)C(=O)C2=CC(c3ccc(Cl)cc3)NN21. The monoisotopic (exact) mass is 430 g/mol. The summed E-state index contributed by atoms with van der Waals surface area (Å²) >= 11 is 6.03. The van der Waals surface area contributed by atoms with Gasteiger partial charge in [0.25, 0.3) is 5.91 Å². The van der Waals surface area contributed by atoms with Crippen LogP contribution in [0.2, 0.25) is 5.02 Å². The molecule has 6 nitrogen and oxygen atoms in total. The highest BCUT2D eigenvalue weighted by molar-refractivity contribution is 6.30. The summed E-state index contributed by atoms with van der Waals surface area (Å²) in [6.45, 7) is 5.81. The van der Waals surface area contributed by atoms with Gasteiger partial charge in [0.15, 0.2) is 0 Å². The molecule has 0 bridgehead atoms. The predicted octanol–water partition coefficient (Wildman–Crippen LogP) is 3.50. The fourth-order valence-corrected chi connectivity index (χ4v) is 4.87. The molecular formula is C23H31ClN4O2. The van der Waals surface area contributed by atoms with Crippen LogP contribution in [-0.4, -0.2) is 58.3 Å². The van der Waals surface area contributed by atoms with Crippen molar-refractivity contribution in [3.63, 3.8) is 0 Å². The first kappa shape index (κ1) is 21.2. The number of unbranched alkanes of at least 4 members (excludes halogenated alkanes) is 1. The second-order valence-electron chi connectivity index (χ2n) is 8.64. The molecule has 162 valence electrons. The largest absolute Gasteiger partial charge is 0.338 e. The number of piperazine rings is 1. The van der Waals surface area contributed by atoms with Crippen molar-refractivity contribution in [3.8, 4) is 0 Å². The van der Waals surface area contributed by atoms with Gasteiger partial charge in [-0.15, -0.1) is 0 Å². The van der Waals surface area contributed by atoms with Gasteiger partial charge in [0.1, 0.15) is 12.2 Å². The highest BCUT2D eigenvalue weighted by Crippen LogP contribution is 2.32. The van der Waals surface area contributed by atoms with Crippen molar-refractivity contribution in [3.05, 3.63) is 46.6 Å². The van der Waals surface area contributed by atoms with Crippen LogP contribution in [0.5, 0.6) is 0 Å². The second-order valence-corrected chi connectivity index (χ2v) is 9.08. The van der Waals surface area contributed by atoms with E-state index >= 15 is 0 Å². The quantitative estimate of drug-likeness (QED) is 0.750. The lowest BCUT2D eigenvalue weighted by molar-refractivity contribution is -0.143. The molecule has 2 saturated heterocycles. The molecule has 0 aromatic heterocycles. The summed E-state index contributed by atoms with van der Waals surface area (Å²) in [7, 11) is 0. The Balaban J connectivity index is 1.54. The summed E-state index contributed by atoms with van der Waals surface area (Å²) in [4.78, 5) is 29.8. The van der Waals surface area contributed by atoms with Crippen molar-refractivity contribution >= 4 is 23.4 Å². The average molecular weight is 431 g/mol. The van der Waals surface area contributed by atoms with E-state index in [9.17, 15) is 9.59 Å². The van der Waals surface area contributed by atoms with Gasteiger partial charge in [-0.3, -0.25) is 14.6 Å². The van der Waals surface area contributed by atoms with Gasteiger partial charge in [-0.2, -0.15) is 0 Å². The van der Waals surface area contributed by atoms with Crippen LogP contribution < -0.4 is 5.43 Å². The summed E-state index contributed by atoms with van der Waals surface area (Å²) in [6.07, 6.45) is 7.24. The molecule has 0 aliphatic carbocycles. The maximum Gasteiger partial charge on any atom is 0.271 e. The van der Waals surface area contributed by atoms with Crippen molar-refractivity contribution in [2.24, 2.45) is 0 Å². The highest BCUT2D eigenvalue weighted by Gasteiger charge is 2.41. The number of fused-ring (bicyclic) bond motifs is 1. The number of amides is 2. The maximum atomic E-state index is 13.3. The summed E-state index contributed by atoms with van der Waals surface area (Å²) in [5.74, 6) is 0.00348. The number of halogens is 1. The lowest BCUT2D eigenvalue weighted by atomic mass is 10.0. The number of carbonyl (C=O) groups is 2. The average Bonchev–Trinajstić information content (AvgIpc) is 3.36. The minimum atomic E-state index is -0.0698. The Bertz CT molecular complexity index is 825. The van der Waals surface area contributed by atoms with E-state index in [4.69, 9.17) is 11.6 Å². The minimum absolute atomic E-state index is 0.0630. The normalized spacial score (nSPS) is 26.2. The molecule has 1 aromatic rings. The Morgan fingerprint density at radius 1 is 1.27 bits per heavy atom. The molecule has 4 rings (SSSR count). The van der Waals surface area contributed by atoms with Crippen LogP contribution in [0.1, 0.15) is 57.6 Å². The fraction of sp³-hybridized carbons (Fsp3) is 0.565. The van der Waals surface area contributed by atoms with Gasteiger partial charge in [-0.25, -0.2) is 5.43 Å². The highest BCUT2D eigenvalue weighted by atomic mass is 35.5. The molecule has 3 aliphatic rings. The first-order valence-corrected chi connectivity index (χ1v) is 11.5. The van der Waals surface area contributed by atoms with Gasteiger partial charge in [-0.05, 0) is 50.0 Å². The van der Waals surface area contributed by atoms with E-state index in [2.05, 4.69) is 19.3 Å². The summed E-state index contributed by atoms with van der Waals surface area (Å²) in [5.41, 5.74) is 5.23. The second kappa shape index (κ2) is 8.98. The lowest BCUT2D eigenvalue weighted by Gasteiger charge is -2.42. The standard InChI is InChI=1S/C23H31ClN4O2/c1-3-4-7-19-14-26(15-22(29)27-12-5-6-16(27)2)23(30)21-13-20(25-28(19)21)17-8-10-18(24)11-9-17/h8-11,13,16,19-20,25H,3-7,12,14-15H2,1-2H3. The molecule has 2 amide bonds. The molecule has 30 heavy (non-hydrogen) atoms. The van der Waals surface area contributed by atoms with Gasteiger partial charge in [0, 0.05) is 24.2 Å². The third-order valence-electron chi connectivity index (χ3n) is 6.48. The zero-order valence-electron chi connectivity index (χ0n) is 17.8. The Morgan fingerprint density at radius 3 is 2.70 bits per heavy atom. The van der Waals surface area contributed by atoms with Gasteiger partial charge < -0.3 is 9.80 Å². The van der Waals surface area contributed by atoms with Crippen molar-refractivity contribution in [2.45, 2.75) is 64.1 Å². The Morgan fingerprint density at radius 2 is 2.03 bits per heavy atom. The zero-order chi connectivity index (χ0) is 21.3. The number of nitrogens with zero attached hydrogens (tertiary/aromatic N) is 3. The van der Waals surface area contributed by atoms with Gasteiger partial charge >= 0.3 is 0 Å². The number of nitrogens with one attached hydrogen (secondary N) is 1. The maximum absolute atomic E-state index is 13.3. The molecule has 3 aliphatic heterocycles. The lowest BCUT2D eigenvalue weighted by Crippen LogP contribution is -2.58. The van der Waals surface area contributed by atoms with Gasteiger partial charge in [0.2, 0.25) is 5.91 Å². The zero-order valence-corrected chi connectivity index (χ0v) is 18.6. The number of rotatable bonds is 6.